The van der Waals surface area contributed by atoms with E-state index in [1.165, 1.54) is 55.2 Å². The lowest BCUT2D eigenvalue weighted by atomic mass is 9.97. The standard InChI is InChI=1S/C48H34N2/c1-5-14-35(15-6-1)37-24-26-39(27-25-37)44-22-13-23-46-48(44)45-33-32-43(34-47(45)50(46)41-20-11-4-12-21-41)49(40-18-9-3-10-19-40)42-30-28-38(29-31-42)36-16-7-2-8-17-36/h1-34H. The van der Waals surface area contributed by atoms with Crippen LogP contribution in [-0.2, 0) is 0 Å². The molecule has 0 bridgehead atoms. The Morgan fingerprint density at radius 2 is 0.800 bits per heavy atom. The fraction of sp³-hybridized carbons (Fsp3) is 0. The quantitative estimate of drug-likeness (QED) is 0.169. The summed E-state index contributed by atoms with van der Waals surface area (Å²) in [5.41, 5.74) is 14.1. The molecule has 0 aliphatic carbocycles. The Labute approximate surface area is 292 Å². The molecule has 236 valence electrons. The second kappa shape index (κ2) is 12.8. The van der Waals surface area contributed by atoms with E-state index in [0.717, 1.165) is 22.7 Å². The first-order chi connectivity index (χ1) is 24.8. The molecule has 0 fully saturated rings. The van der Waals surface area contributed by atoms with Gasteiger partial charge in [0.1, 0.15) is 0 Å². The molecule has 0 saturated carbocycles. The first kappa shape index (κ1) is 29.5. The molecule has 0 atom stereocenters. The molecule has 8 aromatic carbocycles. The van der Waals surface area contributed by atoms with Crippen molar-refractivity contribution in [2.75, 3.05) is 4.90 Å². The SMILES string of the molecule is c1ccc(-c2ccc(-c3cccc4c3c3ccc(N(c5ccccc5)c5ccc(-c6ccccc6)cc5)cc3n4-c3ccccc3)cc2)cc1. The van der Waals surface area contributed by atoms with Crippen LogP contribution in [0.1, 0.15) is 0 Å². The van der Waals surface area contributed by atoms with Crippen LogP contribution in [0.3, 0.4) is 0 Å². The van der Waals surface area contributed by atoms with Crippen molar-refractivity contribution in [1.82, 2.24) is 4.57 Å². The zero-order chi connectivity index (χ0) is 33.3. The second-order valence-corrected chi connectivity index (χ2v) is 12.6. The van der Waals surface area contributed by atoms with Crippen molar-refractivity contribution in [2.45, 2.75) is 0 Å². The minimum atomic E-state index is 1.10. The van der Waals surface area contributed by atoms with E-state index in [9.17, 15) is 0 Å². The van der Waals surface area contributed by atoms with Gasteiger partial charge in [-0.2, -0.15) is 0 Å². The summed E-state index contributed by atoms with van der Waals surface area (Å²) in [7, 11) is 0. The van der Waals surface area contributed by atoms with Gasteiger partial charge in [-0.15, -0.1) is 0 Å². The number of aromatic nitrogens is 1. The first-order valence-corrected chi connectivity index (χ1v) is 17.1. The Bertz CT molecular complexity index is 2540. The zero-order valence-electron chi connectivity index (χ0n) is 27.5. The maximum atomic E-state index is 2.41. The first-order valence-electron chi connectivity index (χ1n) is 17.1. The van der Waals surface area contributed by atoms with Gasteiger partial charge in [0.25, 0.3) is 0 Å². The molecule has 0 aliphatic rings. The number of rotatable bonds is 7. The van der Waals surface area contributed by atoms with E-state index < -0.39 is 0 Å². The second-order valence-electron chi connectivity index (χ2n) is 12.6. The zero-order valence-corrected chi connectivity index (χ0v) is 27.5. The molecule has 1 heterocycles. The highest BCUT2D eigenvalue weighted by molar-refractivity contribution is 6.16. The van der Waals surface area contributed by atoms with Crippen molar-refractivity contribution >= 4 is 38.9 Å². The van der Waals surface area contributed by atoms with Gasteiger partial charge >= 0.3 is 0 Å². The highest BCUT2D eigenvalue weighted by Gasteiger charge is 2.19. The van der Waals surface area contributed by atoms with Gasteiger partial charge in [-0.05, 0) is 88.0 Å². The smallest absolute Gasteiger partial charge is 0.0562 e. The molecular weight excluding hydrogens is 605 g/mol. The lowest BCUT2D eigenvalue weighted by molar-refractivity contribution is 1.18. The molecule has 9 rings (SSSR count). The summed E-state index contributed by atoms with van der Waals surface area (Å²) < 4.78 is 2.41. The highest BCUT2D eigenvalue weighted by atomic mass is 15.1. The number of anilines is 3. The topological polar surface area (TPSA) is 8.17 Å². The maximum absolute atomic E-state index is 2.41. The summed E-state index contributed by atoms with van der Waals surface area (Å²) in [4.78, 5) is 2.35. The van der Waals surface area contributed by atoms with Crippen LogP contribution < -0.4 is 4.90 Å². The number of benzene rings is 8. The summed E-state index contributed by atoms with van der Waals surface area (Å²) >= 11 is 0. The van der Waals surface area contributed by atoms with Crippen molar-refractivity contribution in [3.05, 3.63) is 206 Å². The Balaban J connectivity index is 1.23. The fourth-order valence-electron chi connectivity index (χ4n) is 7.22. The van der Waals surface area contributed by atoms with Gasteiger partial charge in [-0.1, -0.05) is 152 Å². The molecule has 9 aromatic rings. The molecule has 0 aliphatic heterocycles. The largest absolute Gasteiger partial charge is 0.310 e. The summed E-state index contributed by atoms with van der Waals surface area (Å²) in [6.45, 7) is 0. The molecule has 0 N–H and O–H groups in total. The normalized spacial score (nSPS) is 11.2. The van der Waals surface area contributed by atoms with Crippen LogP contribution in [0.5, 0.6) is 0 Å². The Hall–Kier alpha value is -6.64. The molecule has 0 radical (unpaired) electrons. The Morgan fingerprint density at radius 3 is 1.42 bits per heavy atom. The third-order valence-corrected chi connectivity index (χ3v) is 9.60. The average molecular weight is 639 g/mol. The lowest BCUT2D eigenvalue weighted by Crippen LogP contribution is -2.10. The molecule has 0 unspecified atom stereocenters. The van der Waals surface area contributed by atoms with Crippen molar-refractivity contribution in [3.8, 4) is 39.1 Å². The van der Waals surface area contributed by atoms with Crippen molar-refractivity contribution < 1.29 is 0 Å². The third kappa shape index (κ3) is 5.34. The van der Waals surface area contributed by atoms with Crippen LogP contribution in [0.4, 0.5) is 17.1 Å². The van der Waals surface area contributed by atoms with Gasteiger partial charge in [-0.3, -0.25) is 0 Å². The molecule has 0 saturated heterocycles. The van der Waals surface area contributed by atoms with Crippen LogP contribution in [0.25, 0.3) is 60.9 Å². The van der Waals surface area contributed by atoms with Crippen molar-refractivity contribution in [1.29, 1.82) is 0 Å². The Kier molecular flexibility index (Phi) is 7.53. The van der Waals surface area contributed by atoms with Gasteiger partial charge < -0.3 is 9.47 Å². The van der Waals surface area contributed by atoms with Crippen LogP contribution in [-0.4, -0.2) is 4.57 Å². The fourth-order valence-corrected chi connectivity index (χ4v) is 7.22. The minimum absolute atomic E-state index is 1.10. The predicted molar refractivity (Wildman–Crippen MR) is 212 cm³/mol. The van der Waals surface area contributed by atoms with Gasteiger partial charge in [0, 0.05) is 33.5 Å². The van der Waals surface area contributed by atoms with E-state index in [1.54, 1.807) is 0 Å². The van der Waals surface area contributed by atoms with E-state index in [4.69, 9.17) is 0 Å². The van der Waals surface area contributed by atoms with Gasteiger partial charge in [0.05, 0.1) is 11.0 Å². The number of nitrogens with zero attached hydrogens (tertiary/aromatic N) is 2. The molecule has 1 aromatic heterocycles. The van der Waals surface area contributed by atoms with Crippen LogP contribution in [0, 0.1) is 0 Å². The molecule has 2 heteroatoms. The van der Waals surface area contributed by atoms with Crippen molar-refractivity contribution in [2.24, 2.45) is 0 Å². The predicted octanol–water partition coefficient (Wildman–Crippen LogP) is 13.3. The van der Waals surface area contributed by atoms with Crippen LogP contribution in [0.15, 0.2) is 206 Å². The van der Waals surface area contributed by atoms with E-state index >= 15 is 0 Å². The number of fused-ring (bicyclic) bond motifs is 3. The van der Waals surface area contributed by atoms with E-state index in [-0.39, 0.29) is 0 Å². The van der Waals surface area contributed by atoms with Gasteiger partial charge in [0.2, 0.25) is 0 Å². The van der Waals surface area contributed by atoms with Gasteiger partial charge in [-0.25, -0.2) is 0 Å². The van der Waals surface area contributed by atoms with E-state index in [1.807, 2.05) is 0 Å². The molecule has 0 spiro atoms. The van der Waals surface area contributed by atoms with Gasteiger partial charge in [0.15, 0.2) is 0 Å². The summed E-state index contributed by atoms with van der Waals surface area (Å²) in [5.74, 6) is 0. The van der Waals surface area contributed by atoms with E-state index in [2.05, 4.69) is 216 Å². The number of hydrogen-bond acceptors (Lipinski definition) is 1. The molecule has 2 nitrogen and oxygen atoms in total. The molecule has 0 amide bonds. The number of hydrogen-bond donors (Lipinski definition) is 0. The summed E-state index contributed by atoms with van der Waals surface area (Å²) in [5, 5.41) is 2.48. The average Bonchev–Trinajstić information content (AvgIpc) is 3.54. The lowest BCUT2D eigenvalue weighted by Gasteiger charge is -2.26. The minimum Gasteiger partial charge on any atom is -0.310 e. The summed E-state index contributed by atoms with van der Waals surface area (Å²) in [6.07, 6.45) is 0. The monoisotopic (exact) mass is 638 g/mol. The summed E-state index contributed by atoms with van der Waals surface area (Å²) in [6, 6.07) is 74.0. The third-order valence-electron chi connectivity index (χ3n) is 9.60. The molecular formula is C48H34N2. The molecule has 50 heavy (non-hydrogen) atoms. The highest BCUT2D eigenvalue weighted by Crippen LogP contribution is 2.43. The van der Waals surface area contributed by atoms with Crippen molar-refractivity contribution in [3.63, 3.8) is 0 Å². The Morgan fingerprint density at radius 1 is 0.320 bits per heavy atom. The maximum Gasteiger partial charge on any atom is 0.0562 e. The van der Waals surface area contributed by atoms with E-state index in [0.29, 0.717) is 0 Å². The van der Waals surface area contributed by atoms with Crippen LogP contribution >= 0.6 is 0 Å². The van der Waals surface area contributed by atoms with Crippen LogP contribution in [0.2, 0.25) is 0 Å². The number of para-hydroxylation sites is 2.